The molecule has 0 saturated heterocycles. The van der Waals surface area contributed by atoms with E-state index in [0.717, 1.165) is 31.4 Å². The molecule has 1 aromatic carbocycles. The van der Waals surface area contributed by atoms with Crippen LogP contribution in [0.25, 0.3) is 0 Å². The fourth-order valence-electron chi connectivity index (χ4n) is 4.32. The van der Waals surface area contributed by atoms with Gasteiger partial charge in [0.25, 0.3) is 0 Å². The fourth-order valence-corrected chi connectivity index (χ4v) is 4.32. The topological polar surface area (TPSA) is 93.5 Å². The molecule has 0 aliphatic heterocycles. The normalized spacial score (nSPS) is 26.4. The van der Waals surface area contributed by atoms with Gasteiger partial charge in [0.05, 0.1) is 13.2 Å². The summed E-state index contributed by atoms with van der Waals surface area (Å²) in [4.78, 5) is 24.5. The second kappa shape index (κ2) is 9.95. The highest BCUT2D eigenvalue weighted by molar-refractivity contribution is 5.94. The molecule has 2 saturated carbocycles. The zero-order chi connectivity index (χ0) is 18.5. The van der Waals surface area contributed by atoms with E-state index in [9.17, 15) is 9.59 Å². The monoisotopic (exact) mass is 395 g/mol. The first-order chi connectivity index (χ1) is 12.6. The molecular formula is C20H30ClN3O3. The van der Waals surface area contributed by atoms with Crippen molar-refractivity contribution in [3.05, 3.63) is 24.3 Å². The van der Waals surface area contributed by atoms with Gasteiger partial charge in [-0.05, 0) is 68.7 Å². The Kier molecular flexibility index (Phi) is 7.92. The average Bonchev–Trinajstić information content (AvgIpc) is 2.61. The van der Waals surface area contributed by atoms with E-state index >= 15 is 0 Å². The van der Waals surface area contributed by atoms with Crippen molar-refractivity contribution in [2.45, 2.75) is 45.1 Å². The first kappa shape index (κ1) is 21.5. The van der Waals surface area contributed by atoms with Gasteiger partial charge in [0.2, 0.25) is 11.8 Å². The van der Waals surface area contributed by atoms with Gasteiger partial charge >= 0.3 is 0 Å². The Bertz CT molecular complexity index is 624. The van der Waals surface area contributed by atoms with Gasteiger partial charge in [-0.1, -0.05) is 6.42 Å². The molecule has 27 heavy (non-hydrogen) atoms. The van der Waals surface area contributed by atoms with Gasteiger partial charge in [-0.15, -0.1) is 12.4 Å². The molecular weight excluding hydrogens is 366 g/mol. The predicted molar refractivity (Wildman–Crippen MR) is 108 cm³/mol. The number of nitrogens with one attached hydrogen (secondary N) is 2. The third-order valence-electron chi connectivity index (χ3n) is 5.66. The minimum atomic E-state index is -0.227. The van der Waals surface area contributed by atoms with Crippen LogP contribution in [0.3, 0.4) is 0 Å². The zero-order valence-corrected chi connectivity index (χ0v) is 16.6. The molecule has 2 fully saturated rings. The van der Waals surface area contributed by atoms with Crippen LogP contribution in [-0.2, 0) is 9.59 Å². The fraction of sp³-hybridized carbons (Fsp3) is 0.600. The van der Waals surface area contributed by atoms with E-state index in [0.29, 0.717) is 24.1 Å². The van der Waals surface area contributed by atoms with E-state index in [1.165, 1.54) is 6.42 Å². The van der Waals surface area contributed by atoms with Crippen LogP contribution in [0, 0.1) is 17.8 Å². The van der Waals surface area contributed by atoms with Crippen molar-refractivity contribution in [2.75, 3.05) is 18.5 Å². The lowest BCUT2D eigenvalue weighted by atomic mass is 9.65. The van der Waals surface area contributed by atoms with Crippen molar-refractivity contribution in [3.63, 3.8) is 0 Å². The highest BCUT2D eigenvalue weighted by Crippen LogP contribution is 2.41. The Balaban J connectivity index is 0.00000261. The maximum absolute atomic E-state index is 12.5. The van der Waals surface area contributed by atoms with Crippen LogP contribution in [0.1, 0.15) is 39.0 Å². The molecule has 0 heterocycles. The number of hydrogen-bond acceptors (Lipinski definition) is 4. The molecule has 4 N–H and O–H groups in total. The number of carbonyl (C=O) groups excluding carboxylic acids is 2. The summed E-state index contributed by atoms with van der Waals surface area (Å²) in [5, 5.41) is 5.58. The number of benzene rings is 1. The van der Waals surface area contributed by atoms with E-state index in [1.807, 2.05) is 19.1 Å². The molecule has 1 aromatic rings. The van der Waals surface area contributed by atoms with Crippen molar-refractivity contribution in [1.82, 2.24) is 5.32 Å². The quantitative estimate of drug-likeness (QED) is 0.690. The van der Waals surface area contributed by atoms with Crippen LogP contribution in [0.4, 0.5) is 5.69 Å². The van der Waals surface area contributed by atoms with E-state index < -0.39 is 0 Å². The minimum absolute atomic E-state index is 0. The lowest BCUT2D eigenvalue weighted by Gasteiger charge is -2.43. The molecule has 0 spiro atoms. The molecule has 2 aliphatic rings. The number of anilines is 1. The molecule has 2 aliphatic carbocycles. The number of nitrogens with two attached hydrogens (primary N) is 1. The summed E-state index contributed by atoms with van der Waals surface area (Å²) in [6.07, 6.45) is 5.18. The van der Waals surface area contributed by atoms with E-state index in [1.54, 1.807) is 12.1 Å². The van der Waals surface area contributed by atoms with Crippen molar-refractivity contribution in [3.8, 4) is 5.75 Å². The average molecular weight is 396 g/mol. The van der Waals surface area contributed by atoms with E-state index in [2.05, 4.69) is 10.6 Å². The van der Waals surface area contributed by atoms with Crippen LogP contribution >= 0.6 is 12.4 Å². The van der Waals surface area contributed by atoms with Gasteiger partial charge in [0, 0.05) is 17.6 Å². The Morgan fingerprint density at radius 1 is 1.15 bits per heavy atom. The number of ether oxygens (including phenoxy) is 1. The molecule has 2 bridgehead atoms. The van der Waals surface area contributed by atoms with Crippen LogP contribution < -0.4 is 21.1 Å². The van der Waals surface area contributed by atoms with Gasteiger partial charge < -0.3 is 21.1 Å². The maximum Gasteiger partial charge on any atom is 0.243 e. The highest BCUT2D eigenvalue weighted by Gasteiger charge is 2.40. The molecule has 0 aromatic heterocycles. The van der Waals surface area contributed by atoms with Crippen molar-refractivity contribution < 1.29 is 14.3 Å². The Morgan fingerprint density at radius 2 is 1.78 bits per heavy atom. The van der Waals surface area contributed by atoms with Crippen LogP contribution in [0.2, 0.25) is 0 Å². The summed E-state index contributed by atoms with van der Waals surface area (Å²) in [6, 6.07) is 7.43. The lowest BCUT2D eigenvalue weighted by molar-refractivity contribution is -0.129. The summed E-state index contributed by atoms with van der Waals surface area (Å²) in [5.41, 5.74) is 6.97. The SMILES string of the molecule is CCOc1ccc(NC(=O)CNC(=O)C2CC3CCCC(C2)C3N)cc1.Cl. The van der Waals surface area contributed by atoms with Crippen LogP contribution in [0.15, 0.2) is 24.3 Å². The number of hydrogen-bond donors (Lipinski definition) is 3. The second-order valence-corrected chi connectivity index (χ2v) is 7.42. The van der Waals surface area contributed by atoms with Crippen LogP contribution in [-0.4, -0.2) is 31.0 Å². The summed E-state index contributed by atoms with van der Waals surface area (Å²) in [6.45, 7) is 2.51. The smallest absolute Gasteiger partial charge is 0.243 e. The first-order valence-corrected chi connectivity index (χ1v) is 9.62. The number of rotatable bonds is 6. The molecule has 2 amide bonds. The Morgan fingerprint density at radius 3 is 2.37 bits per heavy atom. The van der Waals surface area contributed by atoms with Gasteiger partial charge in [-0.3, -0.25) is 9.59 Å². The highest BCUT2D eigenvalue weighted by atomic mass is 35.5. The molecule has 2 atom stereocenters. The van der Waals surface area contributed by atoms with Gasteiger partial charge in [0.1, 0.15) is 5.75 Å². The van der Waals surface area contributed by atoms with Gasteiger partial charge in [-0.25, -0.2) is 0 Å². The lowest BCUT2D eigenvalue weighted by Crippen LogP contribution is -2.49. The number of carbonyl (C=O) groups is 2. The summed E-state index contributed by atoms with van der Waals surface area (Å²) in [7, 11) is 0. The first-order valence-electron chi connectivity index (χ1n) is 9.62. The standard InChI is InChI=1S/C20H29N3O3.ClH/c1-2-26-17-8-6-16(7-9-17)23-18(24)12-22-20(25)15-10-13-4-3-5-14(11-15)19(13)21;/h6-9,13-15,19H,2-5,10-12,21H2,1H3,(H,22,25)(H,23,24);1H. The zero-order valence-electron chi connectivity index (χ0n) is 15.8. The molecule has 7 heteroatoms. The predicted octanol–water partition coefficient (Wildman–Crippen LogP) is 2.72. The Hall–Kier alpha value is -1.79. The molecule has 3 rings (SSSR count). The molecule has 6 nitrogen and oxygen atoms in total. The van der Waals surface area contributed by atoms with Crippen LogP contribution in [0.5, 0.6) is 5.75 Å². The number of amides is 2. The molecule has 0 radical (unpaired) electrons. The van der Waals surface area contributed by atoms with Crippen molar-refractivity contribution in [1.29, 1.82) is 0 Å². The number of halogens is 1. The third kappa shape index (κ3) is 5.59. The van der Waals surface area contributed by atoms with E-state index in [4.69, 9.17) is 10.5 Å². The molecule has 2 unspecified atom stereocenters. The van der Waals surface area contributed by atoms with E-state index in [-0.39, 0.29) is 42.7 Å². The van der Waals surface area contributed by atoms with Gasteiger partial charge in [0.15, 0.2) is 0 Å². The second-order valence-electron chi connectivity index (χ2n) is 7.42. The number of fused-ring (bicyclic) bond motifs is 2. The summed E-state index contributed by atoms with van der Waals surface area (Å²) in [5.74, 6) is 1.42. The van der Waals surface area contributed by atoms with Crippen molar-refractivity contribution in [2.24, 2.45) is 23.5 Å². The summed E-state index contributed by atoms with van der Waals surface area (Å²) < 4.78 is 5.37. The maximum atomic E-state index is 12.5. The summed E-state index contributed by atoms with van der Waals surface area (Å²) >= 11 is 0. The Labute approximate surface area is 167 Å². The van der Waals surface area contributed by atoms with Gasteiger partial charge in [-0.2, -0.15) is 0 Å². The third-order valence-corrected chi connectivity index (χ3v) is 5.66. The van der Waals surface area contributed by atoms with Crippen molar-refractivity contribution >= 4 is 29.9 Å². The largest absolute Gasteiger partial charge is 0.494 e. The molecule has 150 valence electrons. The minimum Gasteiger partial charge on any atom is -0.494 e.